The fourth-order valence-corrected chi connectivity index (χ4v) is 13.8. The van der Waals surface area contributed by atoms with Crippen molar-refractivity contribution in [2.24, 2.45) is 40.7 Å². The number of phenolic OH excluding ortho intramolecular Hbond substituents is 1. The fraction of sp³-hybridized carbons (Fsp3) is 0.173. The van der Waals surface area contributed by atoms with Crippen LogP contribution in [0.2, 0.25) is 0 Å². The van der Waals surface area contributed by atoms with Crippen molar-refractivity contribution in [1.82, 2.24) is 16.0 Å². The van der Waals surface area contributed by atoms with Gasteiger partial charge in [-0.25, -0.2) is 0 Å². The van der Waals surface area contributed by atoms with Gasteiger partial charge < -0.3 is 65.0 Å². The van der Waals surface area contributed by atoms with E-state index in [9.17, 15) is 34.8 Å². The van der Waals surface area contributed by atoms with E-state index in [0.717, 1.165) is 94.6 Å². The maximum absolute atomic E-state index is 13.4. The number of aromatic hydroxyl groups is 1. The molecule has 579 valence electrons. The SMILES string of the molecule is C=C(N)c1cccc(CC(CO)C(Cc2ccccc2)NC(=O)c2ccc(-c3ccc(C[NH-])cc3)cc2)c1.C=C(N)c1cccc(CC(CO)C(Cc2ccccc2)NC(=O)c2ccc(-c3cccc(CN)c3)cc2)c1.C=C(N)c1cccc(CC(CO)C(Cc2ccccc2)NC(=O)c2ccc(-c3cccc(O)c3)cc2)c1.[Ac]. The second-order valence-corrected chi connectivity index (χ2v) is 28.5. The molecule has 6 atom stereocenters. The molecule has 15 nitrogen and oxygen atoms in total. The van der Waals surface area contributed by atoms with E-state index in [0.29, 0.717) is 78.9 Å². The molecule has 114 heavy (non-hydrogen) atoms. The van der Waals surface area contributed by atoms with Crippen LogP contribution in [-0.2, 0) is 51.6 Å². The van der Waals surface area contributed by atoms with Crippen molar-refractivity contribution in [2.75, 3.05) is 19.8 Å². The molecular weight excluding hydrogens is 1630 g/mol. The summed E-state index contributed by atoms with van der Waals surface area (Å²) in [5.74, 6) is -0.961. The summed E-state index contributed by atoms with van der Waals surface area (Å²) in [6.07, 6.45) is 3.54. The average Bonchev–Trinajstić information content (AvgIpc) is 0.839. The molecule has 0 saturated heterocycles. The average molecular weight is 1730 g/mol. The molecule has 0 spiro atoms. The van der Waals surface area contributed by atoms with Gasteiger partial charge in [0.1, 0.15) is 5.75 Å². The number of benzene rings is 12. The number of carbonyl (C=O) groups excluding carboxylic acids is 3. The van der Waals surface area contributed by atoms with Crippen molar-refractivity contribution < 1.29 is 78.9 Å². The van der Waals surface area contributed by atoms with Crippen molar-refractivity contribution in [2.45, 2.75) is 69.7 Å². The van der Waals surface area contributed by atoms with E-state index in [2.05, 4.69) is 41.8 Å². The number of hydrogen-bond donors (Lipinski definition) is 11. The number of phenols is 1. The zero-order valence-electron chi connectivity index (χ0n) is 64.2. The number of amides is 3. The Morgan fingerprint density at radius 2 is 0.588 bits per heavy atom. The van der Waals surface area contributed by atoms with Crippen LogP contribution in [0.15, 0.2) is 329 Å². The Labute approximate surface area is 706 Å². The van der Waals surface area contributed by atoms with Crippen molar-refractivity contribution in [1.29, 1.82) is 0 Å². The first-order valence-corrected chi connectivity index (χ1v) is 38.0. The van der Waals surface area contributed by atoms with E-state index >= 15 is 0 Å². The number of nitrogens with two attached hydrogens (primary N) is 4. The standard InChI is InChI=1S/C33H35N3O2.C33H34N3O2.C32H32N2O3.Ac/c1-23(35)29-11-5-9-25(17-29)18-31(22-37)32(20-24-7-3-2-4-8-24)36-33(38)28-15-13-27(14-16-28)30-12-6-10-26(19-30)21-34;1-23(35)30-9-5-8-26(18-30)19-31(22-37)32(20-24-6-3-2-4-7-24)36-33(38)29-16-14-28(15-17-29)27-12-10-25(21-34)11-13-27;1-22(33)27-10-5-9-24(17-27)18-29(21-35)31(19-23-7-3-2-4-8-23)34-32(37)26-15-13-25(14-16-26)28-11-6-12-30(36)20-28;/h2-17,19,31-32,37H,1,18,20-22,34-35H2,(H,36,38);2-18,31-32,34,37H,1,19-22,35H2,(H,36,38);2-17,20,29,31,35-36H,1,18-19,21,33H2,(H,34,37);/q;-1;;. The summed E-state index contributed by atoms with van der Waals surface area (Å²) in [4.78, 5) is 40.0. The molecule has 12 aromatic carbocycles. The third-order valence-electron chi connectivity index (χ3n) is 20.3. The fourth-order valence-electron chi connectivity index (χ4n) is 13.8. The Hall–Kier alpha value is -11.3. The first-order valence-electron chi connectivity index (χ1n) is 38.0. The van der Waals surface area contributed by atoms with Gasteiger partial charge in [-0.1, -0.05) is 262 Å². The van der Waals surface area contributed by atoms with Gasteiger partial charge >= 0.3 is 0 Å². The van der Waals surface area contributed by atoms with Gasteiger partial charge in [0, 0.05) is 140 Å². The van der Waals surface area contributed by atoms with Gasteiger partial charge in [-0.2, -0.15) is 0 Å². The molecule has 0 saturated carbocycles. The van der Waals surface area contributed by atoms with Crippen molar-refractivity contribution in [3.8, 4) is 39.1 Å². The van der Waals surface area contributed by atoms with Gasteiger partial charge in [-0.05, 0) is 200 Å². The molecule has 0 bridgehead atoms. The van der Waals surface area contributed by atoms with Gasteiger partial charge in [-0.15, -0.1) is 6.54 Å². The summed E-state index contributed by atoms with van der Waals surface area (Å²) in [5, 5.41) is 50.5. The van der Waals surface area contributed by atoms with Crippen molar-refractivity contribution in [3.63, 3.8) is 0 Å². The molecule has 3 amide bonds. The van der Waals surface area contributed by atoms with E-state index < -0.39 is 0 Å². The number of hydrogen-bond acceptors (Lipinski definition) is 11. The molecule has 0 aliphatic heterocycles. The largest absolute Gasteiger partial charge is 0.674 e. The molecule has 16 heteroatoms. The summed E-state index contributed by atoms with van der Waals surface area (Å²) in [6.45, 7) is 12.0. The van der Waals surface area contributed by atoms with E-state index in [1.165, 1.54) is 0 Å². The van der Waals surface area contributed by atoms with Crippen molar-refractivity contribution in [3.05, 3.63) is 413 Å². The minimum absolute atomic E-state index is 0. The van der Waals surface area contributed by atoms with Gasteiger partial charge in [0.2, 0.25) is 0 Å². The number of aliphatic hydroxyl groups is 3. The Morgan fingerprint density at radius 3 is 0.886 bits per heavy atom. The molecular formula is C98H101AcN8O7-. The molecule has 12 rings (SSSR count). The molecule has 1 radical (unpaired) electrons. The zero-order valence-corrected chi connectivity index (χ0v) is 69.0. The molecule has 0 heterocycles. The van der Waals surface area contributed by atoms with Gasteiger partial charge in [0.15, 0.2) is 0 Å². The second-order valence-electron chi connectivity index (χ2n) is 28.5. The predicted octanol–water partition coefficient (Wildman–Crippen LogP) is 16.1. The zero-order chi connectivity index (χ0) is 80.0. The predicted molar refractivity (Wildman–Crippen MR) is 459 cm³/mol. The molecule has 0 aliphatic carbocycles. The summed E-state index contributed by atoms with van der Waals surface area (Å²) in [7, 11) is 0. The molecule has 0 fully saturated rings. The maximum atomic E-state index is 13.4. The van der Waals surface area contributed by atoms with Crippen LogP contribution in [0.1, 0.15) is 92.3 Å². The van der Waals surface area contributed by atoms with Crippen LogP contribution in [0.3, 0.4) is 0 Å². The van der Waals surface area contributed by atoms with Crippen molar-refractivity contribution >= 4 is 34.8 Å². The first kappa shape index (κ1) is 86.7. The molecule has 16 N–H and O–H groups in total. The number of rotatable bonds is 32. The number of nitrogens with one attached hydrogen (secondary N) is 4. The van der Waals surface area contributed by atoms with E-state index in [1.807, 2.05) is 273 Å². The molecule has 12 aromatic rings. The first-order chi connectivity index (χ1) is 54.8. The monoisotopic (exact) mass is 1730 g/mol. The molecule has 6 unspecified atom stereocenters. The van der Waals surface area contributed by atoms with Gasteiger partial charge in [0.05, 0.1) is 0 Å². The van der Waals surface area contributed by atoms with E-state index in [1.54, 1.807) is 30.3 Å². The smallest absolute Gasteiger partial charge is 0.251 e. The summed E-state index contributed by atoms with van der Waals surface area (Å²) >= 11 is 0. The normalized spacial score (nSPS) is 12.4. The maximum Gasteiger partial charge on any atom is 0.251 e. The minimum atomic E-state index is -0.296. The van der Waals surface area contributed by atoms with Crippen LogP contribution in [0, 0.1) is 61.8 Å². The van der Waals surface area contributed by atoms with Crippen LogP contribution >= 0.6 is 0 Å². The summed E-state index contributed by atoms with van der Waals surface area (Å²) in [5.41, 5.74) is 50.9. The van der Waals surface area contributed by atoms with Crippen LogP contribution in [-0.4, -0.2) is 76.1 Å². The van der Waals surface area contributed by atoms with E-state index in [4.69, 9.17) is 28.7 Å². The summed E-state index contributed by atoms with van der Waals surface area (Å²) < 4.78 is 0. The Bertz CT molecular complexity index is 5090. The Kier molecular flexibility index (Phi) is 33.6. The van der Waals surface area contributed by atoms with Crippen LogP contribution in [0.25, 0.3) is 56.2 Å². The van der Waals surface area contributed by atoms with Gasteiger partial charge in [0.25, 0.3) is 17.7 Å². The van der Waals surface area contributed by atoms with Gasteiger partial charge in [-0.3, -0.25) is 14.4 Å². The van der Waals surface area contributed by atoms with Crippen LogP contribution < -0.4 is 38.9 Å². The second kappa shape index (κ2) is 44.2. The quantitative estimate of drug-likeness (QED) is 0.0188. The molecule has 0 aliphatic rings. The topological polar surface area (TPSA) is 296 Å². The van der Waals surface area contributed by atoms with E-state index in [-0.39, 0.29) is 130 Å². The Morgan fingerprint density at radius 1 is 0.307 bits per heavy atom. The van der Waals surface area contributed by atoms with Crippen LogP contribution in [0.5, 0.6) is 5.75 Å². The third-order valence-corrected chi connectivity index (χ3v) is 20.3. The Balaban J connectivity index is 0.000000195. The number of aliphatic hydroxyl groups excluding tert-OH is 3. The van der Waals surface area contributed by atoms with Crippen LogP contribution in [0.4, 0.5) is 0 Å². The minimum Gasteiger partial charge on any atom is -0.674 e. The third kappa shape index (κ3) is 25.9. The molecule has 0 aromatic heterocycles. The summed E-state index contributed by atoms with van der Waals surface area (Å²) in [6, 6.07) is 98.0. The number of carbonyl (C=O) groups is 3.